The molecule has 7 nitrogen and oxygen atoms in total. The second-order valence-electron chi connectivity index (χ2n) is 10.2. The summed E-state index contributed by atoms with van der Waals surface area (Å²) in [7, 11) is 0. The molecule has 2 amide bonds. The van der Waals surface area contributed by atoms with Crippen molar-refractivity contribution in [2.24, 2.45) is 0 Å². The van der Waals surface area contributed by atoms with Gasteiger partial charge in [0, 0.05) is 43.6 Å². The van der Waals surface area contributed by atoms with Gasteiger partial charge in [-0.2, -0.15) is 0 Å². The van der Waals surface area contributed by atoms with Gasteiger partial charge in [-0.05, 0) is 67.1 Å². The van der Waals surface area contributed by atoms with E-state index >= 15 is 0 Å². The van der Waals surface area contributed by atoms with Crippen LogP contribution in [0, 0.1) is 5.82 Å². The third-order valence-corrected chi connectivity index (χ3v) is 8.05. The Bertz CT molecular complexity index is 1150. The fourth-order valence-corrected chi connectivity index (χ4v) is 6.15. The first-order valence-electron chi connectivity index (χ1n) is 12.5. The van der Waals surface area contributed by atoms with Crippen LogP contribution in [0.2, 0.25) is 0 Å². The largest absolute Gasteiger partial charge is 0.489 e. The number of piperidine rings is 1. The third-order valence-electron chi connectivity index (χ3n) is 8.05. The number of amides is 2. The molecule has 4 atom stereocenters. The van der Waals surface area contributed by atoms with Crippen molar-refractivity contribution >= 4 is 11.8 Å². The number of carbonyl (C=O) groups is 2. The maximum absolute atomic E-state index is 13.6. The lowest BCUT2D eigenvalue weighted by molar-refractivity contribution is -0.129. The summed E-state index contributed by atoms with van der Waals surface area (Å²) in [6, 6.07) is 12.4. The van der Waals surface area contributed by atoms with Crippen molar-refractivity contribution in [3.8, 4) is 5.75 Å². The Labute approximate surface area is 203 Å². The van der Waals surface area contributed by atoms with Gasteiger partial charge in [0.05, 0.1) is 6.04 Å². The second kappa shape index (κ2) is 8.91. The SMILES string of the molecule is O=C1CCC(N2Cc3cc(O[C@@H]4CCC[C@H]4N4CC(c5cccc(F)c5)C4)ccc3C2=O)C(O)N1. The van der Waals surface area contributed by atoms with Gasteiger partial charge >= 0.3 is 0 Å². The fraction of sp³-hybridized carbons (Fsp3) is 0.481. The summed E-state index contributed by atoms with van der Waals surface area (Å²) in [6.07, 6.45) is 2.98. The minimum Gasteiger partial charge on any atom is -0.489 e. The van der Waals surface area contributed by atoms with Crippen molar-refractivity contribution < 1.29 is 23.8 Å². The molecule has 2 N–H and O–H groups in total. The lowest BCUT2D eigenvalue weighted by Crippen LogP contribution is -2.55. The number of nitrogens with one attached hydrogen (secondary N) is 1. The van der Waals surface area contributed by atoms with Crippen molar-refractivity contribution in [3.63, 3.8) is 0 Å². The molecular formula is C27H30FN3O4. The van der Waals surface area contributed by atoms with Gasteiger partial charge in [-0.25, -0.2) is 4.39 Å². The molecule has 1 aliphatic carbocycles. The van der Waals surface area contributed by atoms with E-state index in [0.717, 1.165) is 49.2 Å². The van der Waals surface area contributed by atoms with E-state index in [0.29, 0.717) is 36.9 Å². The number of rotatable bonds is 5. The van der Waals surface area contributed by atoms with Gasteiger partial charge < -0.3 is 20.1 Å². The normalized spacial score (nSPS) is 29.1. The first-order valence-corrected chi connectivity index (χ1v) is 12.5. The highest BCUT2D eigenvalue weighted by Crippen LogP contribution is 2.37. The number of ether oxygens (including phenoxy) is 1. The number of carbonyl (C=O) groups excluding carboxylic acids is 2. The number of nitrogens with zero attached hydrogens (tertiary/aromatic N) is 2. The van der Waals surface area contributed by atoms with Gasteiger partial charge in [-0.15, -0.1) is 0 Å². The van der Waals surface area contributed by atoms with Gasteiger partial charge in [0.1, 0.15) is 23.9 Å². The van der Waals surface area contributed by atoms with Crippen molar-refractivity contribution in [2.75, 3.05) is 13.1 Å². The lowest BCUT2D eigenvalue weighted by atomic mass is 9.89. The number of aliphatic hydroxyl groups excluding tert-OH is 1. The number of fused-ring (bicyclic) bond motifs is 1. The van der Waals surface area contributed by atoms with Crippen LogP contribution in [-0.4, -0.2) is 64.2 Å². The smallest absolute Gasteiger partial charge is 0.254 e. The Morgan fingerprint density at radius 1 is 1.03 bits per heavy atom. The first-order chi connectivity index (χ1) is 17.0. The molecule has 35 heavy (non-hydrogen) atoms. The highest BCUT2D eigenvalue weighted by Gasteiger charge is 2.42. The highest BCUT2D eigenvalue weighted by atomic mass is 19.1. The molecular weight excluding hydrogens is 449 g/mol. The molecule has 0 spiro atoms. The lowest BCUT2D eigenvalue weighted by Gasteiger charge is -2.45. The Morgan fingerprint density at radius 3 is 2.69 bits per heavy atom. The van der Waals surface area contributed by atoms with E-state index in [4.69, 9.17) is 4.74 Å². The fourth-order valence-electron chi connectivity index (χ4n) is 6.15. The van der Waals surface area contributed by atoms with E-state index in [1.807, 2.05) is 24.3 Å². The van der Waals surface area contributed by atoms with Crippen LogP contribution in [0.1, 0.15) is 59.5 Å². The summed E-state index contributed by atoms with van der Waals surface area (Å²) in [5.41, 5.74) is 2.58. The van der Waals surface area contributed by atoms with Crippen molar-refractivity contribution in [2.45, 2.75) is 69.0 Å². The van der Waals surface area contributed by atoms with Crippen molar-refractivity contribution in [1.82, 2.24) is 15.1 Å². The average Bonchev–Trinajstić information content (AvgIpc) is 3.37. The van der Waals surface area contributed by atoms with Crippen LogP contribution in [-0.2, 0) is 11.3 Å². The van der Waals surface area contributed by atoms with Crippen LogP contribution in [0.4, 0.5) is 4.39 Å². The molecule has 2 aromatic carbocycles. The predicted molar refractivity (Wildman–Crippen MR) is 126 cm³/mol. The standard InChI is InChI=1S/C27H30FN3O4/c28-19-4-1-3-16(11-19)18-13-30(14-18)22-5-2-6-24(22)35-20-7-8-21-17(12-20)15-31(27(21)34)23-9-10-25(32)29-26(23)33/h1,3-4,7-8,11-12,18,22-24,26,33H,2,5-6,9-10,13-15H2,(H,29,32)/t22-,23?,24-,26?/m1/s1. The van der Waals surface area contributed by atoms with Gasteiger partial charge in [0.25, 0.3) is 5.91 Å². The molecule has 3 heterocycles. The summed E-state index contributed by atoms with van der Waals surface area (Å²) in [6.45, 7) is 2.24. The average molecular weight is 480 g/mol. The summed E-state index contributed by atoms with van der Waals surface area (Å²) in [5.74, 6) is 0.636. The first kappa shape index (κ1) is 22.5. The topological polar surface area (TPSA) is 82.1 Å². The highest BCUT2D eigenvalue weighted by molar-refractivity contribution is 5.99. The molecule has 8 heteroatoms. The monoisotopic (exact) mass is 479 g/mol. The maximum Gasteiger partial charge on any atom is 0.254 e. The van der Waals surface area contributed by atoms with E-state index in [9.17, 15) is 19.1 Å². The maximum atomic E-state index is 13.6. The molecule has 0 bridgehead atoms. The third kappa shape index (κ3) is 4.19. The van der Waals surface area contributed by atoms with E-state index < -0.39 is 12.3 Å². The van der Waals surface area contributed by atoms with E-state index in [1.165, 1.54) is 6.07 Å². The molecule has 0 aromatic heterocycles. The van der Waals surface area contributed by atoms with E-state index in [2.05, 4.69) is 10.2 Å². The molecule has 2 saturated heterocycles. The Morgan fingerprint density at radius 2 is 1.89 bits per heavy atom. The number of hydrogen-bond donors (Lipinski definition) is 2. The zero-order valence-electron chi connectivity index (χ0n) is 19.5. The van der Waals surface area contributed by atoms with Gasteiger partial charge in [0.2, 0.25) is 5.91 Å². The van der Waals surface area contributed by atoms with Crippen LogP contribution >= 0.6 is 0 Å². The molecule has 184 valence electrons. The minimum absolute atomic E-state index is 0.0881. The molecule has 4 aliphatic rings. The van der Waals surface area contributed by atoms with E-state index in [-0.39, 0.29) is 23.7 Å². The molecule has 2 unspecified atom stereocenters. The van der Waals surface area contributed by atoms with Gasteiger partial charge in [-0.3, -0.25) is 14.5 Å². The number of likely N-dealkylation sites (tertiary alicyclic amines) is 1. The Hall–Kier alpha value is -2.97. The minimum atomic E-state index is -1.04. The number of hydrogen-bond acceptors (Lipinski definition) is 5. The number of aliphatic hydroxyl groups is 1. The van der Waals surface area contributed by atoms with Crippen LogP contribution in [0.25, 0.3) is 0 Å². The summed E-state index contributed by atoms with van der Waals surface area (Å²) in [5, 5.41) is 12.8. The number of benzene rings is 2. The molecule has 1 saturated carbocycles. The van der Waals surface area contributed by atoms with Gasteiger partial charge in [0.15, 0.2) is 0 Å². The van der Waals surface area contributed by atoms with Crippen LogP contribution in [0.5, 0.6) is 5.75 Å². The molecule has 6 rings (SSSR count). The van der Waals surface area contributed by atoms with Crippen LogP contribution in [0.15, 0.2) is 42.5 Å². The summed E-state index contributed by atoms with van der Waals surface area (Å²) in [4.78, 5) is 28.6. The Balaban J connectivity index is 1.10. The molecule has 3 fully saturated rings. The predicted octanol–water partition coefficient (Wildman–Crippen LogP) is 2.78. The number of halogens is 1. The van der Waals surface area contributed by atoms with Crippen LogP contribution in [0.3, 0.4) is 0 Å². The molecule has 0 radical (unpaired) electrons. The van der Waals surface area contributed by atoms with Gasteiger partial charge in [-0.1, -0.05) is 12.1 Å². The van der Waals surface area contributed by atoms with E-state index in [1.54, 1.807) is 17.0 Å². The Kier molecular flexibility index (Phi) is 5.73. The summed E-state index contributed by atoms with van der Waals surface area (Å²) >= 11 is 0. The zero-order valence-corrected chi connectivity index (χ0v) is 19.5. The molecule has 2 aromatic rings. The van der Waals surface area contributed by atoms with Crippen molar-refractivity contribution in [1.29, 1.82) is 0 Å². The zero-order chi connectivity index (χ0) is 24.1. The van der Waals surface area contributed by atoms with Crippen molar-refractivity contribution in [3.05, 3.63) is 65.0 Å². The quantitative estimate of drug-likeness (QED) is 0.689. The molecule has 3 aliphatic heterocycles. The summed E-state index contributed by atoms with van der Waals surface area (Å²) < 4.78 is 20.0. The van der Waals surface area contributed by atoms with Crippen LogP contribution < -0.4 is 10.1 Å². The second-order valence-corrected chi connectivity index (χ2v) is 10.2.